The first-order valence-corrected chi connectivity index (χ1v) is 11.1. The highest BCUT2D eigenvalue weighted by atomic mass is 79.9. The van der Waals surface area contributed by atoms with Crippen LogP contribution in [0.25, 0.3) is 6.08 Å². The number of amides is 1. The number of carbonyl (C=O) groups excluding carboxylic acids is 2. The van der Waals surface area contributed by atoms with Crippen LogP contribution in [-0.4, -0.2) is 41.8 Å². The third-order valence-electron chi connectivity index (χ3n) is 3.83. The first kappa shape index (κ1) is 24.6. The van der Waals surface area contributed by atoms with Crippen LogP contribution in [0.2, 0.25) is 0 Å². The standard InChI is InChI=1S/C22H22BrNO6S/c1-5-9-30-20-14(23)10-13(11-15(20)28-7-3)12-16-19(26)18(22(27)29-8-4)21(31-16)24-17(25)6-2/h1,10-12,26H,6-9H2,2-4H3/b16-12-,24-21?. The number of rotatable bonds is 8. The van der Waals surface area contributed by atoms with E-state index >= 15 is 0 Å². The maximum absolute atomic E-state index is 12.3. The smallest absolute Gasteiger partial charge is 0.344 e. The number of carbonyl (C=O) groups is 2. The van der Waals surface area contributed by atoms with Crippen molar-refractivity contribution >= 4 is 50.7 Å². The van der Waals surface area contributed by atoms with E-state index in [0.29, 0.717) is 33.0 Å². The Morgan fingerprint density at radius 3 is 2.61 bits per heavy atom. The van der Waals surface area contributed by atoms with Gasteiger partial charge in [0.25, 0.3) is 0 Å². The number of nitrogens with zero attached hydrogens (tertiary/aromatic N) is 1. The highest BCUT2D eigenvalue weighted by Gasteiger charge is 2.33. The lowest BCUT2D eigenvalue weighted by molar-refractivity contribution is -0.138. The van der Waals surface area contributed by atoms with Crippen LogP contribution in [-0.2, 0) is 14.3 Å². The number of aliphatic imine (C=N–C) groups is 1. The molecular weight excluding hydrogens is 486 g/mol. The van der Waals surface area contributed by atoms with Crippen LogP contribution in [0.3, 0.4) is 0 Å². The lowest BCUT2D eigenvalue weighted by Gasteiger charge is -2.13. The predicted octanol–water partition coefficient (Wildman–Crippen LogP) is 4.66. The number of esters is 1. The van der Waals surface area contributed by atoms with Gasteiger partial charge in [-0.2, -0.15) is 0 Å². The minimum atomic E-state index is -0.743. The van der Waals surface area contributed by atoms with E-state index in [1.807, 2.05) is 6.92 Å². The van der Waals surface area contributed by atoms with E-state index in [1.54, 1.807) is 32.1 Å². The van der Waals surface area contributed by atoms with E-state index in [1.165, 1.54) is 0 Å². The lowest BCUT2D eigenvalue weighted by Crippen LogP contribution is -2.14. The summed E-state index contributed by atoms with van der Waals surface area (Å²) >= 11 is 4.46. The zero-order valence-electron chi connectivity index (χ0n) is 17.4. The first-order chi connectivity index (χ1) is 14.9. The van der Waals surface area contributed by atoms with Crippen molar-refractivity contribution in [2.45, 2.75) is 27.2 Å². The molecule has 0 aliphatic carbocycles. The molecule has 0 fully saturated rings. The Labute approximate surface area is 193 Å². The van der Waals surface area contributed by atoms with E-state index in [2.05, 4.69) is 26.8 Å². The van der Waals surface area contributed by atoms with Crippen LogP contribution < -0.4 is 9.47 Å². The molecule has 9 heteroatoms. The summed E-state index contributed by atoms with van der Waals surface area (Å²) in [5.41, 5.74) is 0.529. The number of ether oxygens (including phenoxy) is 3. The fraction of sp³-hybridized carbons (Fsp3) is 0.318. The molecule has 1 aromatic carbocycles. The van der Waals surface area contributed by atoms with Crippen LogP contribution >= 0.6 is 27.7 Å². The number of halogens is 1. The molecule has 1 heterocycles. The fourth-order valence-electron chi connectivity index (χ4n) is 2.52. The summed E-state index contributed by atoms with van der Waals surface area (Å²) in [6, 6.07) is 3.48. The van der Waals surface area contributed by atoms with Crippen LogP contribution in [0, 0.1) is 12.3 Å². The van der Waals surface area contributed by atoms with Crippen LogP contribution in [0.15, 0.2) is 37.8 Å². The van der Waals surface area contributed by atoms with Crippen molar-refractivity contribution < 1.29 is 28.9 Å². The molecule has 2 rings (SSSR count). The molecule has 0 radical (unpaired) electrons. The average molecular weight is 508 g/mol. The number of thioether (sulfide) groups is 1. The summed E-state index contributed by atoms with van der Waals surface area (Å²) in [4.78, 5) is 28.4. The highest BCUT2D eigenvalue weighted by molar-refractivity contribution is 9.10. The monoisotopic (exact) mass is 507 g/mol. The normalized spacial score (nSPS) is 15.8. The molecule has 0 aromatic heterocycles. The van der Waals surface area contributed by atoms with Gasteiger partial charge in [-0.05, 0) is 53.5 Å². The minimum Gasteiger partial charge on any atom is -0.506 e. The molecule has 7 nitrogen and oxygen atoms in total. The lowest BCUT2D eigenvalue weighted by atomic mass is 10.1. The van der Waals surface area contributed by atoms with Crippen molar-refractivity contribution in [3.63, 3.8) is 0 Å². The number of hydrogen-bond acceptors (Lipinski definition) is 7. The summed E-state index contributed by atoms with van der Waals surface area (Å²) < 4.78 is 16.8. The average Bonchev–Trinajstić information content (AvgIpc) is 3.02. The Balaban J connectivity index is 2.53. The number of aliphatic hydroxyl groups is 1. The van der Waals surface area contributed by atoms with Gasteiger partial charge in [0, 0.05) is 6.42 Å². The second kappa shape index (κ2) is 11.6. The van der Waals surface area contributed by atoms with Crippen molar-refractivity contribution in [2.75, 3.05) is 19.8 Å². The Morgan fingerprint density at radius 2 is 2.00 bits per heavy atom. The zero-order chi connectivity index (χ0) is 23.0. The highest BCUT2D eigenvalue weighted by Crippen LogP contribution is 2.42. The van der Waals surface area contributed by atoms with Crippen molar-refractivity contribution in [2.24, 2.45) is 4.99 Å². The van der Waals surface area contributed by atoms with E-state index < -0.39 is 11.9 Å². The molecule has 31 heavy (non-hydrogen) atoms. The maximum Gasteiger partial charge on any atom is 0.344 e. The molecule has 0 atom stereocenters. The van der Waals surface area contributed by atoms with Gasteiger partial charge in [-0.1, -0.05) is 24.6 Å². The molecule has 164 valence electrons. The molecule has 1 aromatic rings. The van der Waals surface area contributed by atoms with E-state index in [4.69, 9.17) is 20.6 Å². The SMILES string of the molecule is C#CCOc1c(Br)cc(/C=C2\SC(=NC(=O)CC)C(C(=O)OCC)=C2O)cc1OCC. The van der Waals surface area contributed by atoms with E-state index in [-0.39, 0.29) is 36.0 Å². The molecule has 0 saturated heterocycles. The Hall–Kier alpha value is -2.70. The molecule has 1 aliphatic rings. The van der Waals surface area contributed by atoms with Crippen LogP contribution in [0.5, 0.6) is 11.5 Å². The molecule has 1 N–H and O–H groups in total. The van der Waals surface area contributed by atoms with Gasteiger partial charge in [-0.3, -0.25) is 4.79 Å². The molecule has 1 amide bonds. The van der Waals surface area contributed by atoms with Crippen LogP contribution in [0.1, 0.15) is 32.8 Å². The van der Waals surface area contributed by atoms with Crippen molar-refractivity contribution in [1.82, 2.24) is 0 Å². The third kappa shape index (κ3) is 6.15. The van der Waals surface area contributed by atoms with Gasteiger partial charge in [0.2, 0.25) is 5.91 Å². The number of terminal acetylenes is 1. The van der Waals surface area contributed by atoms with E-state index in [0.717, 1.165) is 11.8 Å². The van der Waals surface area contributed by atoms with Gasteiger partial charge in [0.15, 0.2) is 11.5 Å². The largest absolute Gasteiger partial charge is 0.506 e. The summed E-state index contributed by atoms with van der Waals surface area (Å²) in [6.45, 7) is 5.75. The summed E-state index contributed by atoms with van der Waals surface area (Å²) in [5.74, 6) is 1.88. The number of aliphatic hydroxyl groups excluding tert-OH is 1. The predicted molar refractivity (Wildman–Crippen MR) is 124 cm³/mol. The first-order valence-electron chi connectivity index (χ1n) is 9.50. The van der Waals surface area contributed by atoms with Gasteiger partial charge >= 0.3 is 5.97 Å². The maximum atomic E-state index is 12.3. The molecule has 0 unspecified atom stereocenters. The summed E-state index contributed by atoms with van der Waals surface area (Å²) in [5, 5.41) is 10.8. The summed E-state index contributed by atoms with van der Waals surface area (Å²) in [6.07, 6.45) is 7.09. The van der Waals surface area contributed by atoms with Crippen molar-refractivity contribution in [3.05, 3.63) is 38.4 Å². The van der Waals surface area contributed by atoms with Crippen molar-refractivity contribution in [3.8, 4) is 23.8 Å². The Bertz CT molecular complexity index is 1010. The molecule has 0 spiro atoms. The minimum absolute atomic E-state index is 0.0761. The quantitative estimate of drug-likeness (QED) is 0.403. The van der Waals surface area contributed by atoms with E-state index in [9.17, 15) is 14.7 Å². The fourth-order valence-corrected chi connectivity index (χ4v) is 4.13. The summed E-state index contributed by atoms with van der Waals surface area (Å²) in [7, 11) is 0. The Morgan fingerprint density at radius 1 is 1.26 bits per heavy atom. The molecule has 1 aliphatic heterocycles. The number of benzene rings is 1. The van der Waals surface area contributed by atoms with Gasteiger partial charge in [0.1, 0.15) is 23.0 Å². The van der Waals surface area contributed by atoms with Gasteiger partial charge in [-0.15, -0.1) is 6.42 Å². The molecule has 0 saturated carbocycles. The molecular formula is C22H22BrNO6S. The second-order valence-corrected chi connectivity index (χ2v) is 7.86. The van der Waals surface area contributed by atoms with Crippen LogP contribution in [0.4, 0.5) is 0 Å². The van der Waals surface area contributed by atoms with Gasteiger partial charge in [0.05, 0.1) is 22.6 Å². The van der Waals surface area contributed by atoms with Gasteiger partial charge < -0.3 is 19.3 Å². The zero-order valence-corrected chi connectivity index (χ0v) is 19.8. The van der Waals surface area contributed by atoms with Crippen molar-refractivity contribution in [1.29, 1.82) is 0 Å². The molecule has 0 bridgehead atoms. The number of hydrogen-bond donors (Lipinski definition) is 1. The Kier molecular flexibility index (Phi) is 9.21. The topological polar surface area (TPSA) is 94.4 Å². The second-order valence-electron chi connectivity index (χ2n) is 5.97. The van der Waals surface area contributed by atoms with Gasteiger partial charge in [-0.25, -0.2) is 9.79 Å². The third-order valence-corrected chi connectivity index (χ3v) is 5.44.